The van der Waals surface area contributed by atoms with Crippen LogP contribution in [0.2, 0.25) is 0 Å². The SMILES string of the molecule is COc1cccc(CCC2=N/C(=C\c3ccc(C)cc3C)C(=O)O2)c1. The molecule has 0 unspecified atom stereocenters. The van der Waals surface area contributed by atoms with E-state index in [1.165, 1.54) is 5.56 Å². The fraction of sp³-hybridized carbons (Fsp3) is 0.238. The molecule has 0 amide bonds. The Hall–Kier alpha value is -2.88. The summed E-state index contributed by atoms with van der Waals surface area (Å²) in [5.74, 6) is 0.891. The molecular formula is C21H21NO3. The highest BCUT2D eigenvalue weighted by molar-refractivity contribution is 6.07. The number of hydrogen-bond acceptors (Lipinski definition) is 4. The quantitative estimate of drug-likeness (QED) is 0.606. The molecule has 0 spiro atoms. The van der Waals surface area contributed by atoms with Crippen molar-refractivity contribution >= 4 is 17.9 Å². The van der Waals surface area contributed by atoms with Crippen LogP contribution in [0.1, 0.15) is 28.7 Å². The Morgan fingerprint density at radius 2 is 1.96 bits per heavy atom. The third kappa shape index (κ3) is 4.15. The fourth-order valence-electron chi connectivity index (χ4n) is 2.77. The van der Waals surface area contributed by atoms with Gasteiger partial charge < -0.3 is 9.47 Å². The van der Waals surface area contributed by atoms with E-state index in [0.29, 0.717) is 18.0 Å². The lowest BCUT2D eigenvalue weighted by Crippen LogP contribution is -2.05. The Morgan fingerprint density at radius 3 is 2.72 bits per heavy atom. The van der Waals surface area contributed by atoms with Crippen molar-refractivity contribution in [3.05, 3.63) is 70.4 Å². The summed E-state index contributed by atoms with van der Waals surface area (Å²) in [6, 6.07) is 13.9. The van der Waals surface area contributed by atoms with Gasteiger partial charge >= 0.3 is 5.97 Å². The lowest BCUT2D eigenvalue weighted by atomic mass is 10.0. The van der Waals surface area contributed by atoms with Gasteiger partial charge in [-0.15, -0.1) is 0 Å². The number of cyclic esters (lactones) is 1. The lowest BCUT2D eigenvalue weighted by molar-refractivity contribution is -0.130. The van der Waals surface area contributed by atoms with Gasteiger partial charge in [-0.2, -0.15) is 0 Å². The smallest absolute Gasteiger partial charge is 0.363 e. The minimum Gasteiger partial charge on any atom is -0.497 e. The molecule has 2 aromatic rings. The summed E-state index contributed by atoms with van der Waals surface area (Å²) in [5, 5.41) is 0. The first-order valence-electron chi connectivity index (χ1n) is 8.27. The van der Waals surface area contributed by atoms with E-state index in [2.05, 4.69) is 11.1 Å². The summed E-state index contributed by atoms with van der Waals surface area (Å²) in [4.78, 5) is 16.4. The Balaban J connectivity index is 1.72. The Kier molecular flexibility index (Phi) is 4.98. The molecule has 0 radical (unpaired) electrons. The van der Waals surface area contributed by atoms with Gasteiger partial charge in [0.25, 0.3) is 0 Å². The molecule has 1 aliphatic heterocycles. The molecule has 0 bridgehead atoms. The van der Waals surface area contributed by atoms with E-state index in [9.17, 15) is 4.79 Å². The molecule has 0 saturated carbocycles. The van der Waals surface area contributed by atoms with Crippen LogP contribution in [-0.4, -0.2) is 19.0 Å². The van der Waals surface area contributed by atoms with Crippen LogP contribution in [0.25, 0.3) is 6.08 Å². The Bertz CT molecular complexity index is 865. The Morgan fingerprint density at radius 1 is 1.12 bits per heavy atom. The number of esters is 1. The van der Waals surface area contributed by atoms with Crippen LogP contribution >= 0.6 is 0 Å². The van der Waals surface area contributed by atoms with Crippen molar-refractivity contribution < 1.29 is 14.3 Å². The molecule has 1 aliphatic rings. The van der Waals surface area contributed by atoms with E-state index >= 15 is 0 Å². The minimum absolute atomic E-state index is 0.354. The van der Waals surface area contributed by atoms with Gasteiger partial charge in [0.1, 0.15) is 5.75 Å². The predicted octanol–water partition coefficient (Wildman–Crippen LogP) is 4.24. The summed E-state index contributed by atoms with van der Waals surface area (Å²) in [5.41, 5.74) is 4.75. The summed E-state index contributed by atoms with van der Waals surface area (Å²) in [6.45, 7) is 4.07. The van der Waals surface area contributed by atoms with Crippen molar-refractivity contribution in [1.29, 1.82) is 0 Å². The van der Waals surface area contributed by atoms with Crippen molar-refractivity contribution in [2.45, 2.75) is 26.7 Å². The number of methoxy groups -OCH3 is 1. The molecule has 0 aromatic heterocycles. The largest absolute Gasteiger partial charge is 0.497 e. The first-order valence-corrected chi connectivity index (χ1v) is 8.27. The molecule has 0 atom stereocenters. The second kappa shape index (κ2) is 7.34. The van der Waals surface area contributed by atoms with Crippen molar-refractivity contribution in [1.82, 2.24) is 0 Å². The molecule has 4 nitrogen and oxygen atoms in total. The Labute approximate surface area is 147 Å². The number of nitrogens with zero attached hydrogens (tertiary/aromatic N) is 1. The van der Waals surface area contributed by atoms with Crippen LogP contribution in [0.5, 0.6) is 5.75 Å². The summed E-state index contributed by atoms with van der Waals surface area (Å²) in [7, 11) is 1.64. The zero-order valence-corrected chi connectivity index (χ0v) is 14.7. The fourth-order valence-corrected chi connectivity index (χ4v) is 2.77. The number of benzene rings is 2. The molecule has 1 heterocycles. The maximum atomic E-state index is 12.1. The summed E-state index contributed by atoms with van der Waals surface area (Å²) in [6.07, 6.45) is 3.10. The van der Waals surface area contributed by atoms with Crippen molar-refractivity contribution in [3.8, 4) is 5.75 Å². The number of ether oxygens (including phenoxy) is 2. The molecule has 3 rings (SSSR count). The van der Waals surface area contributed by atoms with Crippen LogP contribution in [0.4, 0.5) is 0 Å². The normalized spacial score (nSPS) is 15.2. The van der Waals surface area contributed by atoms with Crippen LogP contribution in [0, 0.1) is 13.8 Å². The number of aryl methyl sites for hydroxylation is 3. The second-order valence-corrected chi connectivity index (χ2v) is 6.14. The minimum atomic E-state index is -0.388. The van der Waals surface area contributed by atoms with Crippen LogP contribution in [-0.2, 0) is 16.0 Å². The zero-order valence-electron chi connectivity index (χ0n) is 14.7. The molecule has 0 fully saturated rings. The van der Waals surface area contributed by atoms with E-state index < -0.39 is 0 Å². The molecule has 4 heteroatoms. The van der Waals surface area contributed by atoms with E-state index in [-0.39, 0.29) is 5.97 Å². The van der Waals surface area contributed by atoms with Crippen molar-refractivity contribution in [2.75, 3.05) is 7.11 Å². The molecule has 0 N–H and O–H groups in total. The third-order valence-corrected chi connectivity index (χ3v) is 4.14. The first kappa shape index (κ1) is 17.0. The van der Waals surface area contributed by atoms with Gasteiger partial charge in [-0.05, 0) is 55.2 Å². The average Bonchev–Trinajstić information content (AvgIpc) is 2.95. The molecular weight excluding hydrogens is 314 g/mol. The lowest BCUT2D eigenvalue weighted by Gasteiger charge is -2.03. The van der Waals surface area contributed by atoms with E-state index in [1.54, 1.807) is 13.2 Å². The van der Waals surface area contributed by atoms with Crippen LogP contribution < -0.4 is 4.74 Å². The topological polar surface area (TPSA) is 47.9 Å². The summed E-state index contributed by atoms with van der Waals surface area (Å²) < 4.78 is 10.5. The molecule has 0 saturated heterocycles. The van der Waals surface area contributed by atoms with Crippen LogP contribution in [0.3, 0.4) is 0 Å². The second-order valence-electron chi connectivity index (χ2n) is 6.14. The highest BCUT2D eigenvalue weighted by Gasteiger charge is 2.22. The number of aliphatic imine (C=N–C) groups is 1. The number of rotatable bonds is 5. The van der Waals surface area contributed by atoms with Gasteiger partial charge in [-0.25, -0.2) is 9.79 Å². The maximum Gasteiger partial charge on any atom is 0.363 e. The molecule has 128 valence electrons. The average molecular weight is 335 g/mol. The van der Waals surface area contributed by atoms with Crippen molar-refractivity contribution in [2.24, 2.45) is 4.99 Å². The van der Waals surface area contributed by atoms with E-state index in [1.807, 2.05) is 50.2 Å². The zero-order chi connectivity index (χ0) is 17.8. The van der Waals surface area contributed by atoms with Gasteiger partial charge in [0.15, 0.2) is 11.6 Å². The number of carbonyl (C=O) groups is 1. The molecule has 2 aromatic carbocycles. The molecule has 25 heavy (non-hydrogen) atoms. The van der Waals surface area contributed by atoms with Gasteiger partial charge in [0.2, 0.25) is 0 Å². The highest BCUT2D eigenvalue weighted by Crippen LogP contribution is 2.21. The number of carbonyl (C=O) groups excluding carboxylic acids is 1. The highest BCUT2D eigenvalue weighted by atomic mass is 16.6. The molecule has 0 aliphatic carbocycles. The van der Waals surface area contributed by atoms with Gasteiger partial charge in [-0.1, -0.05) is 35.9 Å². The van der Waals surface area contributed by atoms with Gasteiger partial charge in [0.05, 0.1) is 7.11 Å². The predicted molar refractivity (Wildman–Crippen MR) is 98.7 cm³/mol. The van der Waals surface area contributed by atoms with E-state index in [4.69, 9.17) is 9.47 Å². The monoisotopic (exact) mass is 335 g/mol. The van der Waals surface area contributed by atoms with Gasteiger partial charge in [-0.3, -0.25) is 0 Å². The summed E-state index contributed by atoms with van der Waals surface area (Å²) >= 11 is 0. The van der Waals surface area contributed by atoms with Crippen molar-refractivity contribution in [3.63, 3.8) is 0 Å². The van der Waals surface area contributed by atoms with Gasteiger partial charge in [0, 0.05) is 6.42 Å². The number of hydrogen-bond donors (Lipinski definition) is 0. The standard InChI is InChI=1S/C21H21NO3/c1-14-7-9-17(15(2)11-14)13-19-21(23)25-20(22-19)10-8-16-5-4-6-18(12-16)24-3/h4-7,9,11-13H,8,10H2,1-3H3/b19-13-. The van der Waals surface area contributed by atoms with E-state index in [0.717, 1.165) is 28.9 Å². The van der Waals surface area contributed by atoms with Crippen LogP contribution in [0.15, 0.2) is 53.2 Å². The first-order chi connectivity index (χ1) is 12.0. The third-order valence-electron chi connectivity index (χ3n) is 4.14. The maximum absolute atomic E-state index is 12.1.